The van der Waals surface area contributed by atoms with Crippen molar-refractivity contribution in [3.63, 3.8) is 0 Å². The molecule has 2 saturated heterocycles. The summed E-state index contributed by atoms with van der Waals surface area (Å²) in [6.45, 7) is 5.57. The van der Waals surface area contributed by atoms with Crippen LogP contribution in [-0.2, 0) is 11.3 Å². The number of hydrogen-bond donors (Lipinski definition) is 1. The first-order valence-electron chi connectivity index (χ1n) is 7.53. The summed E-state index contributed by atoms with van der Waals surface area (Å²) in [7, 11) is 1.87. The maximum atomic E-state index is 12.4. The summed E-state index contributed by atoms with van der Waals surface area (Å²) < 4.78 is 0.779. The fraction of sp³-hybridized carbons (Fsp3) is 0.667. The van der Waals surface area contributed by atoms with Crippen molar-refractivity contribution in [1.29, 1.82) is 0 Å². The molecule has 22 heavy (non-hydrogen) atoms. The van der Waals surface area contributed by atoms with Crippen LogP contribution in [0.1, 0.15) is 11.3 Å². The first-order valence-corrected chi connectivity index (χ1v) is 8.72. The molecule has 7 heteroatoms. The topological polar surface area (TPSA) is 35.6 Å². The minimum absolute atomic E-state index is 0. The molecule has 1 amide bonds. The van der Waals surface area contributed by atoms with Gasteiger partial charge in [-0.1, -0.05) is 11.6 Å². The van der Waals surface area contributed by atoms with Crippen molar-refractivity contribution in [2.45, 2.75) is 13.0 Å². The number of carbonyl (C=O) groups is 1. The van der Waals surface area contributed by atoms with E-state index in [0.29, 0.717) is 13.1 Å². The van der Waals surface area contributed by atoms with Crippen molar-refractivity contribution >= 4 is 41.3 Å². The largest absolute Gasteiger partial charge is 0.340 e. The lowest BCUT2D eigenvalue weighted by Gasteiger charge is -2.34. The number of likely N-dealkylation sites (tertiary alicyclic amines) is 1. The van der Waals surface area contributed by atoms with Gasteiger partial charge in [-0.15, -0.1) is 23.7 Å². The van der Waals surface area contributed by atoms with Gasteiger partial charge in [-0.3, -0.25) is 9.69 Å². The molecule has 1 aromatic rings. The van der Waals surface area contributed by atoms with E-state index in [1.165, 1.54) is 6.42 Å². The van der Waals surface area contributed by atoms with Gasteiger partial charge in [-0.2, -0.15) is 0 Å². The molecule has 3 rings (SSSR count). The van der Waals surface area contributed by atoms with E-state index in [1.54, 1.807) is 16.2 Å². The van der Waals surface area contributed by atoms with Crippen LogP contribution in [0.15, 0.2) is 12.1 Å². The Morgan fingerprint density at radius 2 is 2.23 bits per heavy atom. The van der Waals surface area contributed by atoms with Crippen LogP contribution in [0.2, 0.25) is 4.34 Å². The Bertz CT molecular complexity index is 511. The number of carbonyl (C=O) groups excluding carboxylic acids is 1. The van der Waals surface area contributed by atoms with Crippen molar-refractivity contribution < 1.29 is 4.79 Å². The zero-order valence-electron chi connectivity index (χ0n) is 12.8. The molecule has 4 nitrogen and oxygen atoms in total. The molecule has 0 aromatic carbocycles. The Hall–Kier alpha value is -0.330. The second-order valence-electron chi connectivity index (χ2n) is 6.16. The third-order valence-electron chi connectivity index (χ3n) is 4.60. The summed E-state index contributed by atoms with van der Waals surface area (Å²) in [4.78, 5) is 17.6. The summed E-state index contributed by atoms with van der Waals surface area (Å²) in [5.74, 6) is 1.75. The zero-order valence-corrected chi connectivity index (χ0v) is 15.1. The number of rotatable bonds is 4. The Labute approximate surface area is 147 Å². The second kappa shape index (κ2) is 7.97. The van der Waals surface area contributed by atoms with E-state index >= 15 is 0 Å². The average molecular weight is 364 g/mol. The molecule has 0 aliphatic carbocycles. The Balaban J connectivity index is 0.00000176. The van der Waals surface area contributed by atoms with Gasteiger partial charge in [0.25, 0.3) is 0 Å². The molecular weight excluding hydrogens is 341 g/mol. The highest BCUT2D eigenvalue weighted by Gasteiger charge is 2.33. The summed E-state index contributed by atoms with van der Waals surface area (Å²) in [6.07, 6.45) is 1.22. The molecular formula is C15H23Cl2N3OS. The summed E-state index contributed by atoms with van der Waals surface area (Å²) in [5.41, 5.74) is 0. The predicted octanol–water partition coefficient (Wildman–Crippen LogP) is 2.32. The van der Waals surface area contributed by atoms with Gasteiger partial charge >= 0.3 is 0 Å². The lowest BCUT2D eigenvalue weighted by atomic mass is 9.89. The Morgan fingerprint density at radius 1 is 1.45 bits per heavy atom. The standard InChI is InChI=1S/C15H22ClN3OS.ClH/c1-18(9-13-2-3-14(16)21-13)15(20)10-19-5-4-11-6-17-7-12(11)8-19;/h2-3,11-12,17H,4-10H2,1H3;1H. The average Bonchev–Trinajstić information content (AvgIpc) is 3.07. The maximum Gasteiger partial charge on any atom is 0.236 e. The summed E-state index contributed by atoms with van der Waals surface area (Å²) >= 11 is 7.47. The number of piperidine rings is 1. The molecule has 3 heterocycles. The molecule has 1 N–H and O–H groups in total. The summed E-state index contributed by atoms with van der Waals surface area (Å²) in [5, 5.41) is 3.46. The van der Waals surface area contributed by atoms with Crippen LogP contribution in [0.25, 0.3) is 0 Å². The lowest BCUT2D eigenvalue weighted by molar-refractivity contribution is -0.132. The molecule has 2 aliphatic heterocycles. The number of nitrogens with one attached hydrogen (secondary N) is 1. The van der Waals surface area contributed by atoms with Gasteiger partial charge in [-0.05, 0) is 50.0 Å². The number of amides is 1. The number of halogens is 2. The minimum atomic E-state index is 0. The first-order chi connectivity index (χ1) is 10.1. The highest BCUT2D eigenvalue weighted by Crippen LogP contribution is 2.26. The third kappa shape index (κ3) is 4.36. The van der Waals surface area contributed by atoms with Crippen molar-refractivity contribution in [2.75, 3.05) is 39.8 Å². The normalized spacial score (nSPS) is 24.6. The number of hydrogen-bond acceptors (Lipinski definition) is 4. The predicted molar refractivity (Wildman–Crippen MR) is 94.0 cm³/mol. The molecule has 0 bridgehead atoms. The van der Waals surface area contributed by atoms with Crippen LogP contribution in [-0.4, -0.2) is 55.5 Å². The molecule has 0 saturated carbocycles. The number of nitrogens with zero attached hydrogens (tertiary/aromatic N) is 2. The monoisotopic (exact) mass is 363 g/mol. The van der Waals surface area contributed by atoms with E-state index in [9.17, 15) is 4.79 Å². The van der Waals surface area contributed by atoms with Crippen molar-refractivity contribution in [2.24, 2.45) is 11.8 Å². The molecule has 2 fully saturated rings. The van der Waals surface area contributed by atoms with Crippen LogP contribution in [0, 0.1) is 11.8 Å². The van der Waals surface area contributed by atoms with Gasteiger partial charge in [-0.25, -0.2) is 0 Å². The number of likely N-dealkylation sites (N-methyl/N-ethyl adjacent to an activating group) is 1. The molecule has 2 aliphatic rings. The zero-order chi connectivity index (χ0) is 14.8. The molecule has 1 aromatic heterocycles. The van der Waals surface area contributed by atoms with E-state index in [2.05, 4.69) is 10.2 Å². The third-order valence-corrected chi connectivity index (χ3v) is 5.81. The molecule has 0 spiro atoms. The van der Waals surface area contributed by atoms with E-state index in [4.69, 9.17) is 11.6 Å². The SMILES string of the molecule is CN(Cc1ccc(Cl)s1)C(=O)CN1CCC2CNCC2C1.Cl. The van der Waals surface area contributed by atoms with Gasteiger partial charge < -0.3 is 10.2 Å². The van der Waals surface area contributed by atoms with Crippen molar-refractivity contribution in [3.05, 3.63) is 21.3 Å². The number of fused-ring (bicyclic) bond motifs is 1. The Kier molecular flexibility index (Phi) is 6.53. The quantitative estimate of drug-likeness (QED) is 0.891. The van der Waals surface area contributed by atoms with Gasteiger partial charge in [0.2, 0.25) is 5.91 Å². The fourth-order valence-corrected chi connectivity index (χ4v) is 4.47. The van der Waals surface area contributed by atoms with Gasteiger partial charge in [0, 0.05) is 18.5 Å². The fourth-order valence-electron chi connectivity index (χ4n) is 3.32. The molecule has 2 unspecified atom stereocenters. The smallest absolute Gasteiger partial charge is 0.236 e. The highest BCUT2D eigenvalue weighted by molar-refractivity contribution is 7.16. The number of thiophene rings is 1. The second-order valence-corrected chi connectivity index (χ2v) is 7.96. The lowest BCUT2D eigenvalue weighted by Crippen LogP contribution is -2.45. The molecule has 124 valence electrons. The van der Waals surface area contributed by atoms with Crippen LogP contribution >= 0.6 is 35.3 Å². The highest BCUT2D eigenvalue weighted by atomic mass is 35.5. The van der Waals surface area contributed by atoms with Crippen LogP contribution in [0.3, 0.4) is 0 Å². The van der Waals surface area contributed by atoms with Crippen LogP contribution < -0.4 is 5.32 Å². The van der Waals surface area contributed by atoms with Crippen molar-refractivity contribution in [3.8, 4) is 0 Å². The van der Waals surface area contributed by atoms with E-state index < -0.39 is 0 Å². The van der Waals surface area contributed by atoms with Crippen LogP contribution in [0.4, 0.5) is 0 Å². The van der Waals surface area contributed by atoms with E-state index in [0.717, 1.165) is 47.2 Å². The van der Waals surface area contributed by atoms with E-state index in [1.807, 2.05) is 19.2 Å². The Morgan fingerprint density at radius 3 is 2.95 bits per heavy atom. The summed E-state index contributed by atoms with van der Waals surface area (Å²) in [6, 6.07) is 3.88. The van der Waals surface area contributed by atoms with E-state index in [-0.39, 0.29) is 18.3 Å². The van der Waals surface area contributed by atoms with Gasteiger partial charge in [0.15, 0.2) is 0 Å². The van der Waals surface area contributed by atoms with Gasteiger partial charge in [0.05, 0.1) is 17.4 Å². The van der Waals surface area contributed by atoms with Gasteiger partial charge in [0.1, 0.15) is 0 Å². The maximum absolute atomic E-state index is 12.4. The first kappa shape index (κ1) is 18.0. The van der Waals surface area contributed by atoms with Crippen LogP contribution in [0.5, 0.6) is 0 Å². The molecule has 2 atom stereocenters. The molecule has 0 radical (unpaired) electrons. The van der Waals surface area contributed by atoms with Crippen molar-refractivity contribution in [1.82, 2.24) is 15.1 Å². The minimum Gasteiger partial charge on any atom is -0.340 e.